The van der Waals surface area contributed by atoms with Gasteiger partial charge in [0.05, 0.1) is 5.41 Å². The van der Waals surface area contributed by atoms with Gasteiger partial charge in [-0.05, 0) is 25.4 Å². The first-order valence-electron chi connectivity index (χ1n) is 2.46. The van der Waals surface area contributed by atoms with Crippen LogP contribution in [0.2, 0.25) is 0 Å². The largest absolute Gasteiger partial charge is 0.281 e. The average Bonchev–Trinajstić information content (AvgIpc) is 1.62. The first-order chi connectivity index (χ1) is 4.19. The standard InChI is InChI=1S/C5H6Cl4O/c1-4(2,3(6)10)5(7,8)9/h1-2H3. The molecule has 0 saturated heterocycles. The van der Waals surface area contributed by atoms with Crippen LogP contribution in [0.25, 0.3) is 0 Å². The van der Waals surface area contributed by atoms with E-state index in [0.29, 0.717) is 0 Å². The molecule has 0 N–H and O–H groups in total. The topological polar surface area (TPSA) is 17.1 Å². The summed E-state index contributed by atoms with van der Waals surface area (Å²) in [5.41, 5.74) is -1.14. The minimum absolute atomic E-state index is 0.660. The van der Waals surface area contributed by atoms with Gasteiger partial charge in [-0.25, -0.2) is 0 Å². The molecule has 0 aliphatic rings. The van der Waals surface area contributed by atoms with Crippen molar-refractivity contribution in [3.63, 3.8) is 0 Å². The Balaban J connectivity index is 4.57. The lowest BCUT2D eigenvalue weighted by molar-refractivity contribution is -0.118. The monoisotopic (exact) mass is 222 g/mol. The van der Waals surface area contributed by atoms with Crippen LogP contribution in [0.15, 0.2) is 0 Å². The molecule has 0 atom stereocenters. The van der Waals surface area contributed by atoms with Crippen molar-refractivity contribution in [3.05, 3.63) is 0 Å². The zero-order valence-corrected chi connectivity index (χ0v) is 8.44. The summed E-state index contributed by atoms with van der Waals surface area (Å²) in [6, 6.07) is 0. The van der Waals surface area contributed by atoms with E-state index in [2.05, 4.69) is 0 Å². The predicted octanol–water partition coefficient (Wildman–Crippen LogP) is 3.15. The van der Waals surface area contributed by atoms with E-state index in [-0.39, 0.29) is 0 Å². The van der Waals surface area contributed by atoms with Crippen LogP contribution in [0.4, 0.5) is 0 Å². The molecule has 0 rings (SSSR count). The van der Waals surface area contributed by atoms with Crippen LogP contribution < -0.4 is 0 Å². The lowest BCUT2D eigenvalue weighted by Gasteiger charge is -2.27. The number of alkyl halides is 3. The molecule has 0 fully saturated rings. The maximum atomic E-state index is 10.6. The maximum Gasteiger partial charge on any atom is 0.231 e. The van der Waals surface area contributed by atoms with Gasteiger partial charge in [0.15, 0.2) is 0 Å². The minimum Gasteiger partial charge on any atom is -0.281 e. The van der Waals surface area contributed by atoms with Crippen LogP contribution >= 0.6 is 46.4 Å². The summed E-state index contributed by atoms with van der Waals surface area (Å²) >= 11 is 21.5. The van der Waals surface area contributed by atoms with Crippen molar-refractivity contribution in [2.45, 2.75) is 17.6 Å². The van der Waals surface area contributed by atoms with Crippen molar-refractivity contribution in [2.24, 2.45) is 5.41 Å². The number of hydrogen-bond donors (Lipinski definition) is 0. The van der Waals surface area contributed by atoms with Crippen LogP contribution in [-0.2, 0) is 4.79 Å². The van der Waals surface area contributed by atoms with Gasteiger partial charge >= 0.3 is 0 Å². The molecule has 1 nitrogen and oxygen atoms in total. The van der Waals surface area contributed by atoms with Crippen molar-refractivity contribution >= 4 is 51.6 Å². The van der Waals surface area contributed by atoms with Gasteiger partial charge in [-0.2, -0.15) is 0 Å². The van der Waals surface area contributed by atoms with Crippen molar-refractivity contribution < 1.29 is 4.79 Å². The molecular weight excluding hydrogens is 218 g/mol. The third-order valence-electron chi connectivity index (χ3n) is 1.20. The van der Waals surface area contributed by atoms with Gasteiger partial charge in [-0.15, -0.1) is 0 Å². The Morgan fingerprint density at radius 2 is 1.50 bits per heavy atom. The van der Waals surface area contributed by atoms with Crippen molar-refractivity contribution in [3.8, 4) is 0 Å². The smallest absolute Gasteiger partial charge is 0.231 e. The minimum atomic E-state index is -1.65. The van der Waals surface area contributed by atoms with Crippen molar-refractivity contribution in [2.75, 3.05) is 0 Å². The number of rotatable bonds is 1. The number of hydrogen-bond acceptors (Lipinski definition) is 1. The predicted molar refractivity (Wildman–Crippen MR) is 44.9 cm³/mol. The van der Waals surface area contributed by atoms with E-state index in [1.54, 1.807) is 0 Å². The third-order valence-corrected chi connectivity index (χ3v) is 3.09. The fraction of sp³-hybridized carbons (Fsp3) is 0.800. The SMILES string of the molecule is CC(C)(C(=O)Cl)C(Cl)(Cl)Cl. The highest BCUT2D eigenvalue weighted by Gasteiger charge is 2.45. The maximum absolute atomic E-state index is 10.6. The van der Waals surface area contributed by atoms with Crippen LogP contribution in [0.3, 0.4) is 0 Å². The lowest BCUT2D eigenvalue weighted by atomic mass is 9.98. The fourth-order valence-corrected chi connectivity index (χ4v) is 0.656. The first-order valence-corrected chi connectivity index (χ1v) is 3.97. The molecule has 0 saturated carbocycles. The summed E-state index contributed by atoms with van der Waals surface area (Å²) in [5, 5.41) is -0.660. The molecule has 0 bridgehead atoms. The van der Waals surface area contributed by atoms with E-state index < -0.39 is 14.4 Å². The number of halogens is 4. The molecule has 0 amide bonds. The second-order valence-corrected chi connectivity index (χ2v) is 5.02. The quantitative estimate of drug-likeness (QED) is 0.493. The molecule has 5 heteroatoms. The highest BCUT2D eigenvalue weighted by molar-refractivity contribution is 6.73. The molecule has 0 heterocycles. The molecule has 10 heavy (non-hydrogen) atoms. The normalized spacial score (nSPS) is 13.4. The van der Waals surface area contributed by atoms with Gasteiger partial charge in [-0.1, -0.05) is 34.8 Å². The van der Waals surface area contributed by atoms with Crippen molar-refractivity contribution in [1.29, 1.82) is 0 Å². The zero-order chi connectivity index (χ0) is 8.58. The molecule has 0 aliphatic carbocycles. The van der Waals surface area contributed by atoms with Gasteiger partial charge in [0, 0.05) is 0 Å². The third kappa shape index (κ3) is 2.16. The summed E-state index contributed by atoms with van der Waals surface area (Å²) < 4.78 is -1.65. The van der Waals surface area contributed by atoms with Crippen molar-refractivity contribution in [1.82, 2.24) is 0 Å². The zero-order valence-electron chi connectivity index (χ0n) is 5.42. The van der Waals surface area contributed by atoms with Crippen LogP contribution in [0.5, 0.6) is 0 Å². The lowest BCUT2D eigenvalue weighted by Crippen LogP contribution is -2.34. The Morgan fingerprint density at radius 1 is 1.20 bits per heavy atom. The van der Waals surface area contributed by atoms with Gasteiger partial charge in [0.25, 0.3) is 0 Å². The molecule has 0 spiro atoms. The molecule has 0 aromatic heterocycles. The number of carbonyl (C=O) groups is 1. The van der Waals surface area contributed by atoms with E-state index in [1.165, 1.54) is 13.8 Å². The molecule has 0 radical (unpaired) electrons. The fourth-order valence-electron chi connectivity index (χ4n) is 0.111. The summed E-state index contributed by atoms with van der Waals surface area (Å²) in [6.07, 6.45) is 0. The van der Waals surface area contributed by atoms with Gasteiger partial charge in [0.1, 0.15) is 0 Å². The molecule has 0 aromatic carbocycles. The van der Waals surface area contributed by atoms with Gasteiger partial charge < -0.3 is 0 Å². The van der Waals surface area contributed by atoms with Crippen LogP contribution in [0.1, 0.15) is 13.8 Å². The average molecular weight is 224 g/mol. The van der Waals surface area contributed by atoms with E-state index in [4.69, 9.17) is 46.4 Å². The van der Waals surface area contributed by atoms with Gasteiger partial charge in [-0.3, -0.25) is 4.79 Å². The second kappa shape index (κ2) is 3.06. The highest BCUT2D eigenvalue weighted by atomic mass is 35.6. The van der Waals surface area contributed by atoms with E-state index in [1.807, 2.05) is 0 Å². The second-order valence-electron chi connectivity index (χ2n) is 2.40. The highest BCUT2D eigenvalue weighted by Crippen LogP contribution is 2.45. The Morgan fingerprint density at radius 3 is 1.50 bits per heavy atom. The summed E-state index contributed by atoms with van der Waals surface area (Å²) in [6.45, 7) is 2.94. The van der Waals surface area contributed by atoms with Gasteiger partial charge in [0.2, 0.25) is 9.03 Å². The van der Waals surface area contributed by atoms with Crippen LogP contribution in [0, 0.1) is 5.41 Å². The van der Waals surface area contributed by atoms with E-state index in [0.717, 1.165) is 0 Å². The molecule has 0 aromatic rings. The van der Waals surface area contributed by atoms with E-state index >= 15 is 0 Å². The Labute approximate surface area is 79.6 Å². The molecule has 0 unspecified atom stereocenters. The Hall–Kier alpha value is 0.830. The number of carbonyl (C=O) groups excluding carboxylic acids is 1. The summed E-state index contributed by atoms with van der Waals surface area (Å²) in [4.78, 5) is 10.6. The Bertz CT molecular complexity index is 146. The Kier molecular flexibility index (Phi) is 3.31. The molecule has 60 valence electrons. The van der Waals surface area contributed by atoms with E-state index in [9.17, 15) is 4.79 Å². The first kappa shape index (κ1) is 10.8. The molecular formula is C5H6Cl4O. The van der Waals surface area contributed by atoms with Crippen LogP contribution in [-0.4, -0.2) is 9.03 Å². The molecule has 0 aliphatic heterocycles. The summed E-state index contributed by atoms with van der Waals surface area (Å²) in [5.74, 6) is 0. The summed E-state index contributed by atoms with van der Waals surface area (Å²) in [7, 11) is 0.